The normalized spacial score (nSPS) is 10.9. The largest absolute Gasteiger partial charge is 0.383 e. The molecule has 0 unspecified atom stereocenters. The van der Waals surface area contributed by atoms with Gasteiger partial charge in [-0.2, -0.15) is 5.10 Å². The maximum atomic E-state index is 14.1. The van der Waals surface area contributed by atoms with E-state index in [0.717, 1.165) is 12.8 Å². The van der Waals surface area contributed by atoms with Crippen LogP contribution in [0, 0.1) is 12.7 Å². The second-order valence-electron chi connectivity index (χ2n) is 6.88. The van der Waals surface area contributed by atoms with E-state index in [9.17, 15) is 9.18 Å². The zero-order chi connectivity index (χ0) is 20.6. The first-order chi connectivity index (χ1) is 14.1. The van der Waals surface area contributed by atoms with Crippen molar-refractivity contribution in [2.45, 2.75) is 19.8 Å². The molecule has 0 aliphatic heterocycles. The van der Waals surface area contributed by atoms with Gasteiger partial charge in [0.05, 0.1) is 24.1 Å². The molecule has 3 rings (SSSR count). The third-order valence-electron chi connectivity index (χ3n) is 4.91. The highest BCUT2D eigenvalue weighted by Crippen LogP contribution is 2.18. The van der Waals surface area contributed by atoms with Gasteiger partial charge in [0.2, 0.25) is 0 Å². The van der Waals surface area contributed by atoms with Crippen LogP contribution in [-0.4, -0.2) is 47.4 Å². The molecular formula is C23H26FN3O2. The number of carbonyl (C=O) groups is 1. The summed E-state index contributed by atoms with van der Waals surface area (Å²) >= 11 is 0. The summed E-state index contributed by atoms with van der Waals surface area (Å²) < 4.78 is 20.8. The molecule has 1 amide bonds. The number of hydrogen-bond donors (Lipinski definition) is 0. The van der Waals surface area contributed by atoms with Crippen molar-refractivity contribution < 1.29 is 13.9 Å². The van der Waals surface area contributed by atoms with E-state index in [1.54, 1.807) is 37.1 Å². The van der Waals surface area contributed by atoms with Crippen LogP contribution in [-0.2, 0) is 11.2 Å². The van der Waals surface area contributed by atoms with Crippen molar-refractivity contribution in [2.75, 3.05) is 26.8 Å². The molecule has 0 bridgehead atoms. The van der Waals surface area contributed by atoms with Gasteiger partial charge in [0.25, 0.3) is 5.91 Å². The maximum Gasteiger partial charge on any atom is 0.257 e. The van der Waals surface area contributed by atoms with E-state index < -0.39 is 0 Å². The molecule has 0 fully saturated rings. The minimum absolute atomic E-state index is 0.116. The van der Waals surface area contributed by atoms with Crippen molar-refractivity contribution in [3.8, 4) is 5.69 Å². The van der Waals surface area contributed by atoms with E-state index in [0.29, 0.717) is 36.6 Å². The summed E-state index contributed by atoms with van der Waals surface area (Å²) in [4.78, 5) is 14.9. The van der Waals surface area contributed by atoms with Gasteiger partial charge in [-0.25, -0.2) is 9.07 Å². The highest BCUT2D eigenvalue weighted by atomic mass is 19.1. The molecule has 0 radical (unpaired) electrons. The number of rotatable bonds is 9. The first kappa shape index (κ1) is 20.7. The molecule has 0 aliphatic carbocycles. The molecule has 1 heterocycles. The van der Waals surface area contributed by atoms with Crippen molar-refractivity contribution in [1.29, 1.82) is 0 Å². The number of methoxy groups -OCH3 is 1. The van der Waals surface area contributed by atoms with Gasteiger partial charge in [-0.3, -0.25) is 4.79 Å². The van der Waals surface area contributed by atoms with Gasteiger partial charge in [-0.15, -0.1) is 0 Å². The molecule has 29 heavy (non-hydrogen) atoms. The SMILES string of the molecule is COCCN(CCCc1ccccc1)C(=O)c1cnn(-c2ccccc2F)c1C. The fourth-order valence-electron chi connectivity index (χ4n) is 3.29. The summed E-state index contributed by atoms with van der Waals surface area (Å²) in [7, 11) is 1.62. The molecule has 0 saturated heterocycles. The van der Waals surface area contributed by atoms with Crippen LogP contribution >= 0.6 is 0 Å². The number of halogens is 1. The second-order valence-corrected chi connectivity index (χ2v) is 6.88. The van der Waals surface area contributed by atoms with Gasteiger partial charge >= 0.3 is 0 Å². The van der Waals surface area contributed by atoms with Crippen molar-refractivity contribution >= 4 is 5.91 Å². The molecule has 0 aliphatic rings. The molecule has 1 aromatic heterocycles. The Balaban J connectivity index is 1.74. The summed E-state index contributed by atoms with van der Waals surface area (Å²) in [6, 6.07) is 16.6. The predicted molar refractivity (Wildman–Crippen MR) is 111 cm³/mol. The van der Waals surface area contributed by atoms with Crippen LogP contribution in [0.5, 0.6) is 0 Å². The van der Waals surface area contributed by atoms with Crippen LogP contribution in [0.3, 0.4) is 0 Å². The minimum atomic E-state index is -0.378. The molecule has 0 atom stereocenters. The Morgan fingerprint density at radius 1 is 1.10 bits per heavy atom. The number of aryl methyl sites for hydroxylation is 1. The van der Waals surface area contributed by atoms with Gasteiger partial charge in [0, 0.05) is 20.2 Å². The number of ether oxygens (including phenoxy) is 1. The lowest BCUT2D eigenvalue weighted by Gasteiger charge is -2.22. The van der Waals surface area contributed by atoms with Crippen molar-refractivity contribution in [3.05, 3.63) is 83.4 Å². The van der Waals surface area contributed by atoms with Crippen LogP contribution in [0.4, 0.5) is 4.39 Å². The predicted octanol–water partition coefficient (Wildman–Crippen LogP) is 4.04. The van der Waals surface area contributed by atoms with Crippen LogP contribution in [0.2, 0.25) is 0 Å². The lowest BCUT2D eigenvalue weighted by atomic mass is 10.1. The van der Waals surface area contributed by atoms with E-state index in [1.165, 1.54) is 22.5 Å². The average molecular weight is 395 g/mol. The maximum absolute atomic E-state index is 14.1. The monoisotopic (exact) mass is 395 g/mol. The van der Waals surface area contributed by atoms with Gasteiger partial charge in [-0.05, 0) is 37.5 Å². The van der Waals surface area contributed by atoms with E-state index >= 15 is 0 Å². The Morgan fingerprint density at radius 2 is 1.83 bits per heavy atom. The Bertz CT molecular complexity index is 940. The number of hydrogen-bond acceptors (Lipinski definition) is 3. The summed E-state index contributed by atoms with van der Waals surface area (Å²) in [5, 5.41) is 4.26. The van der Waals surface area contributed by atoms with E-state index in [1.807, 2.05) is 18.2 Å². The van der Waals surface area contributed by atoms with E-state index in [4.69, 9.17) is 4.74 Å². The van der Waals surface area contributed by atoms with Gasteiger partial charge in [0.1, 0.15) is 11.5 Å². The fourth-order valence-corrected chi connectivity index (χ4v) is 3.29. The van der Waals surface area contributed by atoms with Crippen LogP contribution < -0.4 is 0 Å². The van der Waals surface area contributed by atoms with Crippen molar-refractivity contribution in [1.82, 2.24) is 14.7 Å². The number of amides is 1. The van der Waals surface area contributed by atoms with Gasteiger partial charge in [-0.1, -0.05) is 42.5 Å². The summed E-state index contributed by atoms with van der Waals surface area (Å²) in [5.74, 6) is -0.494. The fraction of sp³-hybridized carbons (Fsp3) is 0.304. The Labute approximate surface area is 170 Å². The van der Waals surface area contributed by atoms with Crippen molar-refractivity contribution in [3.63, 3.8) is 0 Å². The number of benzene rings is 2. The number of aromatic nitrogens is 2. The first-order valence-electron chi connectivity index (χ1n) is 9.73. The Kier molecular flexibility index (Phi) is 7.14. The highest BCUT2D eigenvalue weighted by Gasteiger charge is 2.21. The smallest absolute Gasteiger partial charge is 0.257 e. The third kappa shape index (κ3) is 5.09. The molecule has 152 valence electrons. The number of nitrogens with zero attached hydrogens (tertiary/aromatic N) is 3. The molecule has 0 saturated carbocycles. The zero-order valence-electron chi connectivity index (χ0n) is 16.8. The molecular weight excluding hydrogens is 369 g/mol. The van der Waals surface area contributed by atoms with Crippen LogP contribution in [0.15, 0.2) is 60.8 Å². The first-order valence-corrected chi connectivity index (χ1v) is 9.73. The molecule has 6 heteroatoms. The van der Waals surface area contributed by atoms with Gasteiger partial charge < -0.3 is 9.64 Å². The topological polar surface area (TPSA) is 47.4 Å². The number of para-hydroxylation sites is 1. The Hall–Kier alpha value is -2.99. The van der Waals surface area contributed by atoms with Crippen LogP contribution in [0.1, 0.15) is 28.0 Å². The molecule has 5 nitrogen and oxygen atoms in total. The molecule has 0 N–H and O–H groups in total. The molecule has 0 spiro atoms. The second kappa shape index (κ2) is 9.98. The van der Waals surface area contributed by atoms with Crippen molar-refractivity contribution in [2.24, 2.45) is 0 Å². The standard InChI is InChI=1S/C23H26FN3O2/c1-18-20(17-25-27(18)22-13-7-6-12-21(22)24)23(28)26(15-16-29-2)14-8-11-19-9-4-3-5-10-19/h3-7,9-10,12-13,17H,8,11,14-16H2,1-2H3. The number of carbonyl (C=O) groups excluding carboxylic acids is 1. The van der Waals surface area contributed by atoms with Crippen LogP contribution in [0.25, 0.3) is 5.69 Å². The average Bonchev–Trinajstić information content (AvgIpc) is 3.12. The summed E-state index contributed by atoms with van der Waals surface area (Å²) in [5.41, 5.74) is 2.67. The van der Waals surface area contributed by atoms with E-state index in [-0.39, 0.29) is 11.7 Å². The lowest BCUT2D eigenvalue weighted by molar-refractivity contribution is 0.0692. The quantitative estimate of drug-likeness (QED) is 0.549. The summed E-state index contributed by atoms with van der Waals surface area (Å²) in [6.45, 7) is 3.35. The van der Waals surface area contributed by atoms with Gasteiger partial charge in [0.15, 0.2) is 0 Å². The lowest BCUT2D eigenvalue weighted by Crippen LogP contribution is -2.35. The molecule has 3 aromatic rings. The third-order valence-corrected chi connectivity index (χ3v) is 4.91. The molecule has 2 aromatic carbocycles. The minimum Gasteiger partial charge on any atom is -0.383 e. The summed E-state index contributed by atoms with van der Waals surface area (Å²) in [6.07, 6.45) is 3.26. The Morgan fingerprint density at radius 3 is 2.55 bits per heavy atom. The highest BCUT2D eigenvalue weighted by molar-refractivity contribution is 5.95. The zero-order valence-corrected chi connectivity index (χ0v) is 16.8. The van der Waals surface area contributed by atoms with E-state index in [2.05, 4.69) is 17.2 Å².